The molecule has 0 bridgehead atoms. The van der Waals surface area contributed by atoms with Crippen LogP contribution in [0.15, 0.2) is 39.7 Å². The monoisotopic (exact) mass is 362 g/mol. The second-order valence-electron chi connectivity index (χ2n) is 5.21. The molecule has 8 heteroatoms. The third-order valence-corrected chi connectivity index (χ3v) is 5.65. The van der Waals surface area contributed by atoms with Crippen molar-refractivity contribution in [2.45, 2.75) is 22.1 Å². The van der Waals surface area contributed by atoms with E-state index in [0.717, 1.165) is 33.0 Å². The van der Waals surface area contributed by atoms with Crippen molar-refractivity contribution < 1.29 is 4.79 Å². The van der Waals surface area contributed by atoms with Crippen LogP contribution in [0.4, 0.5) is 5.13 Å². The fourth-order valence-electron chi connectivity index (χ4n) is 2.13. The van der Waals surface area contributed by atoms with Gasteiger partial charge in [0.05, 0.1) is 5.52 Å². The largest absolute Gasteiger partial charge is 0.300 e. The third-order valence-electron chi connectivity index (χ3n) is 3.45. The molecule has 2 aromatic heterocycles. The van der Waals surface area contributed by atoms with E-state index in [0.29, 0.717) is 10.2 Å². The number of nitrogens with zero attached hydrogens (tertiary/aromatic N) is 3. The first-order chi connectivity index (χ1) is 11.2. The fourth-order valence-corrected chi connectivity index (χ4v) is 4.13. The Morgan fingerprint density at radius 2 is 2.17 bits per heavy atom. The van der Waals surface area contributed by atoms with Gasteiger partial charge in [0.15, 0.2) is 4.34 Å². The molecule has 0 spiro atoms. The molecule has 0 radical (unpaired) electrons. The summed E-state index contributed by atoms with van der Waals surface area (Å²) in [5, 5.41) is 13.2. The molecular formula is C15H11ClN4OS2. The van der Waals surface area contributed by atoms with Gasteiger partial charge in [0, 0.05) is 27.4 Å². The van der Waals surface area contributed by atoms with E-state index in [1.807, 2.05) is 24.3 Å². The van der Waals surface area contributed by atoms with E-state index in [1.54, 1.807) is 6.20 Å². The quantitative estimate of drug-likeness (QED) is 0.703. The lowest BCUT2D eigenvalue weighted by atomic mass is 10.2. The number of amides is 1. The molecule has 1 aliphatic carbocycles. The molecule has 0 unspecified atom stereocenters. The zero-order valence-corrected chi connectivity index (χ0v) is 14.2. The SMILES string of the molecule is O=C(Nc1nnc(Sc2ccnc3cc(Cl)ccc23)s1)C1CC1. The summed E-state index contributed by atoms with van der Waals surface area (Å²) in [5.41, 5.74) is 0.842. The highest BCUT2D eigenvalue weighted by molar-refractivity contribution is 8.01. The Balaban J connectivity index is 1.56. The molecule has 0 aliphatic heterocycles. The predicted octanol–water partition coefficient (Wildman–Crippen LogP) is 4.24. The van der Waals surface area contributed by atoms with Gasteiger partial charge < -0.3 is 5.32 Å². The van der Waals surface area contributed by atoms with Crippen LogP contribution in [0.1, 0.15) is 12.8 Å². The van der Waals surface area contributed by atoms with Crippen molar-refractivity contribution >= 4 is 56.6 Å². The topological polar surface area (TPSA) is 67.8 Å². The molecule has 116 valence electrons. The van der Waals surface area contributed by atoms with Crippen LogP contribution in [0, 0.1) is 5.92 Å². The van der Waals surface area contributed by atoms with Gasteiger partial charge in [0.25, 0.3) is 0 Å². The molecule has 0 atom stereocenters. The summed E-state index contributed by atoms with van der Waals surface area (Å²) in [6, 6.07) is 7.56. The standard InChI is InChI=1S/C15H11ClN4OS2/c16-9-3-4-10-11(7-9)17-6-5-12(10)22-15-20-19-14(23-15)18-13(21)8-1-2-8/h3-8H,1-2H2,(H,18,19,21). The van der Waals surface area contributed by atoms with Crippen LogP contribution < -0.4 is 5.32 Å². The van der Waals surface area contributed by atoms with Crippen LogP contribution in [-0.4, -0.2) is 21.1 Å². The number of anilines is 1. The second-order valence-corrected chi connectivity index (χ2v) is 7.91. The zero-order valence-electron chi connectivity index (χ0n) is 11.8. The van der Waals surface area contributed by atoms with Gasteiger partial charge in [-0.2, -0.15) is 0 Å². The van der Waals surface area contributed by atoms with Crippen molar-refractivity contribution in [1.29, 1.82) is 0 Å². The maximum absolute atomic E-state index is 11.7. The molecule has 23 heavy (non-hydrogen) atoms. The van der Waals surface area contributed by atoms with Crippen molar-refractivity contribution in [3.63, 3.8) is 0 Å². The van der Waals surface area contributed by atoms with E-state index in [-0.39, 0.29) is 11.8 Å². The van der Waals surface area contributed by atoms with Crippen LogP contribution in [0.5, 0.6) is 0 Å². The highest BCUT2D eigenvalue weighted by atomic mass is 35.5. The maximum atomic E-state index is 11.7. The zero-order chi connectivity index (χ0) is 15.8. The molecule has 3 aromatic rings. The maximum Gasteiger partial charge on any atom is 0.229 e. The number of pyridine rings is 1. The normalized spacial score (nSPS) is 14.1. The summed E-state index contributed by atoms with van der Waals surface area (Å²) < 4.78 is 0.776. The molecule has 4 rings (SSSR count). The number of hydrogen-bond acceptors (Lipinski definition) is 6. The number of nitrogens with one attached hydrogen (secondary N) is 1. The molecule has 1 saturated carbocycles. The van der Waals surface area contributed by atoms with Crippen molar-refractivity contribution in [2.75, 3.05) is 5.32 Å². The van der Waals surface area contributed by atoms with Crippen LogP contribution in [0.2, 0.25) is 5.02 Å². The summed E-state index contributed by atoms with van der Waals surface area (Å²) in [4.78, 5) is 17.1. The summed E-state index contributed by atoms with van der Waals surface area (Å²) in [5.74, 6) is 0.200. The van der Waals surface area contributed by atoms with Gasteiger partial charge in [0.1, 0.15) is 0 Å². The summed E-state index contributed by atoms with van der Waals surface area (Å²) >= 11 is 8.89. The lowest BCUT2D eigenvalue weighted by Crippen LogP contribution is -2.12. The molecule has 0 saturated heterocycles. The Hall–Kier alpha value is -1.70. The smallest absolute Gasteiger partial charge is 0.229 e. The van der Waals surface area contributed by atoms with Crippen molar-refractivity contribution in [3.8, 4) is 0 Å². The number of hydrogen-bond donors (Lipinski definition) is 1. The first-order valence-electron chi connectivity index (χ1n) is 7.05. The van der Waals surface area contributed by atoms with Crippen molar-refractivity contribution in [2.24, 2.45) is 5.92 Å². The minimum Gasteiger partial charge on any atom is -0.300 e. The average molecular weight is 363 g/mol. The minimum absolute atomic E-state index is 0.0432. The van der Waals surface area contributed by atoms with Crippen molar-refractivity contribution in [3.05, 3.63) is 35.5 Å². The van der Waals surface area contributed by atoms with E-state index < -0.39 is 0 Å². The molecule has 1 aliphatic rings. The highest BCUT2D eigenvalue weighted by Gasteiger charge is 2.30. The number of halogens is 1. The van der Waals surface area contributed by atoms with Crippen LogP contribution >= 0.6 is 34.7 Å². The number of carbonyl (C=O) groups excluding carboxylic acids is 1. The van der Waals surface area contributed by atoms with Gasteiger partial charge in [-0.05, 0) is 31.0 Å². The molecule has 1 fully saturated rings. The van der Waals surface area contributed by atoms with E-state index in [9.17, 15) is 4.79 Å². The Bertz CT molecular complexity index is 894. The van der Waals surface area contributed by atoms with Gasteiger partial charge in [0.2, 0.25) is 11.0 Å². The van der Waals surface area contributed by atoms with Gasteiger partial charge in [-0.3, -0.25) is 9.78 Å². The van der Waals surface area contributed by atoms with Crippen molar-refractivity contribution in [1.82, 2.24) is 15.2 Å². The van der Waals surface area contributed by atoms with E-state index in [2.05, 4.69) is 20.5 Å². The molecule has 1 N–H and O–H groups in total. The Labute approximate surface area is 145 Å². The molecular weight excluding hydrogens is 352 g/mol. The molecule has 1 amide bonds. The molecule has 5 nitrogen and oxygen atoms in total. The number of aromatic nitrogens is 3. The van der Waals surface area contributed by atoms with E-state index >= 15 is 0 Å². The number of carbonyl (C=O) groups is 1. The first-order valence-corrected chi connectivity index (χ1v) is 9.06. The predicted molar refractivity (Wildman–Crippen MR) is 92.1 cm³/mol. The van der Waals surface area contributed by atoms with Crippen LogP contribution in [-0.2, 0) is 4.79 Å². The highest BCUT2D eigenvalue weighted by Crippen LogP contribution is 2.37. The lowest BCUT2D eigenvalue weighted by molar-refractivity contribution is -0.117. The van der Waals surface area contributed by atoms with Gasteiger partial charge in [-0.1, -0.05) is 40.8 Å². The minimum atomic E-state index is 0.0432. The summed E-state index contributed by atoms with van der Waals surface area (Å²) in [6.45, 7) is 0. The number of benzene rings is 1. The summed E-state index contributed by atoms with van der Waals surface area (Å²) in [6.07, 6.45) is 3.69. The lowest BCUT2D eigenvalue weighted by Gasteiger charge is -2.03. The van der Waals surface area contributed by atoms with Gasteiger partial charge in [-0.25, -0.2) is 0 Å². The summed E-state index contributed by atoms with van der Waals surface area (Å²) in [7, 11) is 0. The van der Waals surface area contributed by atoms with Gasteiger partial charge >= 0.3 is 0 Å². The second kappa shape index (κ2) is 6.07. The average Bonchev–Trinajstić information content (AvgIpc) is 3.30. The van der Waals surface area contributed by atoms with Crippen LogP contribution in [0.3, 0.4) is 0 Å². The Kier molecular flexibility index (Phi) is 3.92. The third kappa shape index (κ3) is 3.31. The van der Waals surface area contributed by atoms with Crippen LogP contribution in [0.25, 0.3) is 10.9 Å². The molecule has 1 aromatic carbocycles. The fraction of sp³-hybridized carbons (Fsp3) is 0.200. The Morgan fingerprint density at radius 3 is 3.00 bits per heavy atom. The van der Waals surface area contributed by atoms with E-state index in [1.165, 1.54) is 23.1 Å². The van der Waals surface area contributed by atoms with E-state index in [4.69, 9.17) is 11.6 Å². The number of fused-ring (bicyclic) bond motifs is 1. The first kappa shape index (κ1) is 14.9. The van der Waals surface area contributed by atoms with Gasteiger partial charge in [-0.15, -0.1) is 10.2 Å². The Morgan fingerprint density at radius 1 is 1.30 bits per heavy atom. The number of rotatable bonds is 4. The molecule has 2 heterocycles.